The summed E-state index contributed by atoms with van der Waals surface area (Å²) in [5.74, 6) is 0. The molecule has 4 N–H and O–H groups in total. The van der Waals surface area contributed by atoms with Gasteiger partial charge < -0.3 is 11.5 Å². The van der Waals surface area contributed by atoms with E-state index in [1.807, 2.05) is 0 Å². The Morgan fingerprint density at radius 2 is 1.50 bits per heavy atom. The first-order valence-corrected chi connectivity index (χ1v) is 5.48. The van der Waals surface area contributed by atoms with Crippen molar-refractivity contribution in [1.29, 1.82) is 0 Å². The normalized spacial score (nSPS) is 10.2. The number of benzene rings is 2. The van der Waals surface area contributed by atoms with Gasteiger partial charge in [0.2, 0.25) is 0 Å². The van der Waals surface area contributed by atoms with Gasteiger partial charge in [-0.15, -0.1) is 0 Å². The van der Waals surface area contributed by atoms with Gasteiger partial charge in [0.15, 0.2) is 0 Å². The molecule has 0 fully saturated rings. The van der Waals surface area contributed by atoms with Crippen LogP contribution in [-0.4, -0.2) is 9.85 Å². The van der Waals surface area contributed by atoms with Crippen LogP contribution in [0, 0.1) is 20.2 Å². The Morgan fingerprint density at radius 3 is 2.10 bits per heavy atom. The van der Waals surface area contributed by atoms with Crippen LogP contribution in [-0.2, 0) is 0 Å². The second kappa shape index (κ2) is 4.84. The quantitative estimate of drug-likeness (QED) is 0.500. The predicted octanol–water partition coefficient (Wildman–Crippen LogP) is 2.33. The molecule has 0 saturated heterocycles. The Morgan fingerprint density at radius 1 is 0.850 bits per heavy atom. The van der Waals surface area contributed by atoms with Crippen LogP contribution in [0.25, 0.3) is 11.1 Å². The Kier molecular flexibility index (Phi) is 3.21. The van der Waals surface area contributed by atoms with Crippen LogP contribution in [0.2, 0.25) is 0 Å². The van der Waals surface area contributed by atoms with E-state index in [0.29, 0.717) is 5.56 Å². The van der Waals surface area contributed by atoms with Crippen molar-refractivity contribution < 1.29 is 9.85 Å². The number of nitrogens with two attached hydrogens (primary N) is 2. The van der Waals surface area contributed by atoms with E-state index in [2.05, 4.69) is 0 Å². The van der Waals surface area contributed by atoms with E-state index in [1.54, 1.807) is 0 Å². The van der Waals surface area contributed by atoms with Crippen molar-refractivity contribution in [2.24, 2.45) is 0 Å². The molecule has 0 unspecified atom stereocenters. The molecule has 0 aliphatic heterocycles. The van der Waals surface area contributed by atoms with Gasteiger partial charge in [-0.25, -0.2) is 0 Å². The van der Waals surface area contributed by atoms with Crippen LogP contribution in [0.3, 0.4) is 0 Å². The van der Waals surface area contributed by atoms with Crippen LogP contribution in [0.1, 0.15) is 0 Å². The van der Waals surface area contributed by atoms with Gasteiger partial charge in [-0.05, 0) is 23.8 Å². The first-order valence-electron chi connectivity index (χ1n) is 5.48. The lowest BCUT2D eigenvalue weighted by atomic mass is 10.0. The topological polar surface area (TPSA) is 138 Å². The molecule has 102 valence electrons. The predicted molar refractivity (Wildman–Crippen MR) is 74.0 cm³/mol. The molecule has 8 nitrogen and oxygen atoms in total. The highest BCUT2D eigenvalue weighted by Gasteiger charge is 2.19. The SMILES string of the molecule is Nc1ccc(-c2ccc(N)c([N+](=O)[O-])c2)c([N+](=O)[O-])c1. The van der Waals surface area contributed by atoms with Crippen molar-refractivity contribution in [3.8, 4) is 11.1 Å². The molecule has 0 aliphatic carbocycles. The smallest absolute Gasteiger partial charge is 0.292 e. The second-order valence-corrected chi connectivity index (χ2v) is 4.06. The summed E-state index contributed by atoms with van der Waals surface area (Å²) in [6.45, 7) is 0. The Hall–Kier alpha value is -3.16. The van der Waals surface area contributed by atoms with E-state index < -0.39 is 9.85 Å². The summed E-state index contributed by atoms with van der Waals surface area (Å²) >= 11 is 0. The second-order valence-electron chi connectivity index (χ2n) is 4.06. The number of anilines is 2. The van der Waals surface area contributed by atoms with E-state index in [1.165, 1.54) is 36.4 Å². The van der Waals surface area contributed by atoms with Crippen LogP contribution in [0.15, 0.2) is 36.4 Å². The average molecular weight is 274 g/mol. The fourth-order valence-corrected chi connectivity index (χ4v) is 1.81. The minimum Gasteiger partial charge on any atom is -0.399 e. The van der Waals surface area contributed by atoms with E-state index in [-0.39, 0.29) is 28.3 Å². The van der Waals surface area contributed by atoms with E-state index >= 15 is 0 Å². The summed E-state index contributed by atoms with van der Waals surface area (Å²) in [6, 6.07) is 8.17. The lowest BCUT2D eigenvalue weighted by molar-refractivity contribution is -0.384. The maximum absolute atomic E-state index is 11.0. The number of nitro groups is 2. The number of hydrogen-bond acceptors (Lipinski definition) is 6. The van der Waals surface area contributed by atoms with Gasteiger partial charge in [0.1, 0.15) is 5.69 Å². The maximum atomic E-state index is 11.0. The average Bonchev–Trinajstić information content (AvgIpc) is 2.39. The molecule has 0 radical (unpaired) electrons. The number of nitrogens with zero attached hydrogens (tertiary/aromatic N) is 2. The van der Waals surface area contributed by atoms with Crippen molar-refractivity contribution in [2.75, 3.05) is 11.5 Å². The zero-order chi connectivity index (χ0) is 14.9. The summed E-state index contributed by atoms with van der Waals surface area (Å²) in [5.41, 5.74) is 11.3. The van der Waals surface area contributed by atoms with Crippen LogP contribution in [0.5, 0.6) is 0 Å². The number of nitro benzene ring substituents is 2. The lowest BCUT2D eigenvalue weighted by Gasteiger charge is -2.05. The van der Waals surface area contributed by atoms with Crippen molar-refractivity contribution in [2.45, 2.75) is 0 Å². The Labute approximate surface area is 112 Å². The van der Waals surface area contributed by atoms with Gasteiger partial charge in [-0.2, -0.15) is 0 Å². The fraction of sp³-hybridized carbons (Fsp3) is 0. The van der Waals surface area contributed by atoms with E-state index in [0.717, 1.165) is 0 Å². The molecule has 0 spiro atoms. The molecular formula is C12H10N4O4. The monoisotopic (exact) mass is 274 g/mol. The number of nitrogen functional groups attached to an aromatic ring is 2. The van der Waals surface area contributed by atoms with Crippen molar-refractivity contribution >= 4 is 22.7 Å². The zero-order valence-corrected chi connectivity index (χ0v) is 10.1. The molecule has 0 aliphatic rings. The molecule has 0 atom stereocenters. The zero-order valence-electron chi connectivity index (χ0n) is 10.1. The van der Waals surface area contributed by atoms with Crippen LogP contribution in [0.4, 0.5) is 22.7 Å². The maximum Gasteiger partial charge on any atom is 0.292 e. The van der Waals surface area contributed by atoms with Gasteiger partial charge in [-0.3, -0.25) is 20.2 Å². The third-order valence-electron chi connectivity index (χ3n) is 2.76. The van der Waals surface area contributed by atoms with Crippen molar-refractivity contribution in [1.82, 2.24) is 0 Å². The van der Waals surface area contributed by atoms with Gasteiger partial charge in [0.05, 0.1) is 15.4 Å². The van der Waals surface area contributed by atoms with Crippen molar-refractivity contribution in [3.63, 3.8) is 0 Å². The first kappa shape index (κ1) is 13.3. The third kappa shape index (κ3) is 2.34. The van der Waals surface area contributed by atoms with E-state index in [9.17, 15) is 20.2 Å². The minimum atomic E-state index is -0.637. The molecule has 2 rings (SSSR count). The molecule has 8 heteroatoms. The number of hydrogen-bond donors (Lipinski definition) is 2. The molecule has 2 aromatic rings. The van der Waals surface area contributed by atoms with Gasteiger partial charge in [-0.1, -0.05) is 6.07 Å². The Balaban J connectivity index is 2.66. The highest BCUT2D eigenvalue weighted by molar-refractivity contribution is 5.79. The van der Waals surface area contributed by atoms with Crippen molar-refractivity contribution in [3.05, 3.63) is 56.6 Å². The highest BCUT2D eigenvalue weighted by atomic mass is 16.6. The summed E-state index contributed by atoms with van der Waals surface area (Å²) in [5, 5.41) is 21.9. The number of rotatable bonds is 3. The molecule has 2 aromatic carbocycles. The molecule has 0 amide bonds. The van der Waals surface area contributed by atoms with Gasteiger partial charge in [0, 0.05) is 17.8 Å². The Bertz CT molecular complexity index is 715. The van der Waals surface area contributed by atoms with Gasteiger partial charge >= 0.3 is 0 Å². The lowest BCUT2D eigenvalue weighted by Crippen LogP contribution is -1.98. The fourth-order valence-electron chi connectivity index (χ4n) is 1.81. The highest BCUT2D eigenvalue weighted by Crippen LogP contribution is 2.35. The molecule has 0 aromatic heterocycles. The largest absolute Gasteiger partial charge is 0.399 e. The minimum absolute atomic E-state index is 0.00292. The van der Waals surface area contributed by atoms with Crippen LogP contribution >= 0.6 is 0 Å². The molecule has 0 heterocycles. The summed E-state index contributed by atoms with van der Waals surface area (Å²) in [7, 11) is 0. The molecule has 0 bridgehead atoms. The summed E-state index contributed by atoms with van der Waals surface area (Å²) in [4.78, 5) is 20.6. The third-order valence-corrected chi connectivity index (χ3v) is 2.76. The van der Waals surface area contributed by atoms with E-state index in [4.69, 9.17) is 11.5 Å². The molecule has 20 heavy (non-hydrogen) atoms. The summed E-state index contributed by atoms with van der Waals surface area (Å²) < 4.78 is 0. The van der Waals surface area contributed by atoms with Crippen LogP contribution < -0.4 is 11.5 Å². The molecule has 0 saturated carbocycles. The summed E-state index contributed by atoms with van der Waals surface area (Å²) in [6.07, 6.45) is 0. The standard InChI is InChI=1S/C12H10N4O4/c13-8-2-3-9(11(6-8)15(17)18)7-1-4-10(14)12(5-7)16(19)20/h1-6H,13-14H2. The molecular weight excluding hydrogens is 264 g/mol. The van der Waals surface area contributed by atoms with Gasteiger partial charge in [0.25, 0.3) is 11.4 Å². The first-order chi connectivity index (χ1) is 9.40.